The zero-order chi connectivity index (χ0) is 17.9. The number of aromatic nitrogens is 4. The fourth-order valence-electron chi connectivity index (χ4n) is 3.01. The first kappa shape index (κ1) is 16.0. The van der Waals surface area contributed by atoms with Gasteiger partial charge >= 0.3 is 0 Å². The zero-order valence-corrected chi connectivity index (χ0v) is 14.7. The number of nitrogens with one attached hydrogen (secondary N) is 1. The van der Waals surface area contributed by atoms with Gasteiger partial charge in [0.1, 0.15) is 11.6 Å². The van der Waals surface area contributed by atoms with E-state index < -0.39 is 0 Å². The Morgan fingerprint density at radius 3 is 2.38 bits per heavy atom. The lowest BCUT2D eigenvalue weighted by atomic mass is 10.1. The van der Waals surface area contributed by atoms with E-state index in [1.807, 2.05) is 47.2 Å². The quantitative estimate of drug-likeness (QED) is 0.585. The van der Waals surface area contributed by atoms with Gasteiger partial charge in [-0.2, -0.15) is 4.98 Å². The highest BCUT2D eigenvalue weighted by Gasteiger charge is 2.09. The molecule has 2 aromatic carbocycles. The van der Waals surface area contributed by atoms with E-state index in [1.165, 1.54) is 11.1 Å². The van der Waals surface area contributed by atoms with Gasteiger partial charge in [-0.3, -0.25) is 4.57 Å². The van der Waals surface area contributed by atoms with Crippen LogP contribution in [0.2, 0.25) is 0 Å². The average molecular weight is 341 g/mol. The molecule has 5 heteroatoms. The van der Waals surface area contributed by atoms with Gasteiger partial charge in [0.15, 0.2) is 0 Å². The summed E-state index contributed by atoms with van der Waals surface area (Å²) in [6.45, 7) is 4.15. The highest BCUT2D eigenvalue weighted by atomic mass is 15.2. The number of benzene rings is 2. The summed E-state index contributed by atoms with van der Waals surface area (Å²) < 4.78 is 1.96. The summed E-state index contributed by atoms with van der Waals surface area (Å²) in [6, 6.07) is 18.2. The molecule has 128 valence electrons. The summed E-state index contributed by atoms with van der Waals surface area (Å²) in [5, 5.41) is 3.29. The van der Waals surface area contributed by atoms with E-state index in [-0.39, 0.29) is 0 Å². The van der Waals surface area contributed by atoms with E-state index in [0.29, 0.717) is 5.95 Å². The van der Waals surface area contributed by atoms with Crippen molar-refractivity contribution in [2.75, 3.05) is 5.32 Å². The van der Waals surface area contributed by atoms with E-state index in [1.54, 1.807) is 12.4 Å². The van der Waals surface area contributed by atoms with Gasteiger partial charge in [0.25, 0.3) is 0 Å². The van der Waals surface area contributed by atoms with Crippen molar-refractivity contribution in [2.45, 2.75) is 13.8 Å². The third-order valence-corrected chi connectivity index (χ3v) is 4.04. The van der Waals surface area contributed by atoms with Crippen LogP contribution in [0.25, 0.3) is 17.2 Å². The Labute approximate surface area is 152 Å². The molecule has 0 fully saturated rings. The van der Waals surface area contributed by atoms with Crippen LogP contribution in [-0.2, 0) is 0 Å². The standard InChI is InChI=1S/C21H19N5/c1-15-12-16(2)14-18(13-15)24-21-23-9-8-19(25-21)26-11-10-22-20(26)17-6-4-3-5-7-17/h3-14H,1-2H3,(H,23,24,25). The molecule has 2 heterocycles. The molecule has 4 rings (SSSR count). The molecule has 0 saturated carbocycles. The number of imidazole rings is 1. The number of anilines is 2. The Hall–Kier alpha value is -3.47. The van der Waals surface area contributed by atoms with Crippen molar-refractivity contribution in [3.63, 3.8) is 0 Å². The summed E-state index contributed by atoms with van der Waals surface area (Å²) in [5.74, 6) is 2.17. The second-order valence-electron chi connectivity index (χ2n) is 6.23. The van der Waals surface area contributed by atoms with Crippen molar-refractivity contribution in [3.05, 3.63) is 84.3 Å². The van der Waals surface area contributed by atoms with Gasteiger partial charge in [0.2, 0.25) is 5.95 Å². The van der Waals surface area contributed by atoms with Crippen LogP contribution in [0.4, 0.5) is 11.6 Å². The summed E-state index contributed by atoms with van der Waals surface area (Å²) in [5.41, 5.74) is 4.42. The third kappa shape index (κ3) is 3.32. The SMILES string of the molecule is Cc1cc(C)cc(Nc2nccc(-n3ccnc3-c3ccccc3)n2)c1. The largest absolute Gasteiger partial charge is 0.324 e. The minimum absolute atomic E-state index is 0.556. The lowest BCUT2D eigenvalue weighted by Gasteiger charge is -2.10. The molecule has 26 heavy (non-hydrogen) atoms. The molecule has 0 unspecified atom stereocenters. The second kappa shape index (κ2) is 6.80. The predicted molar refractivity (Wildman–Crippen MR) is 104 cm³/mol. The average Bonchev–Trinajstić information content (AvgIpc) is 3.12. The van der Waals surface area contributed by atoms with Crippen LogP contribution in [0.5, 0.6) is 0 Å². The van der Waals surface area contributed by atoms with Crippen LogP contribution in [0.3, 0.4) is 0 Å². The topological polar surface area (TPSA) is 55.6 Å². The van der Waals surface area contributed by atoms with E-state index in [4.69, 9.17) is 0 Å². The first-order valence-corrected chi connectivity index (χ1v) is 8.46. The van der Waals surface area contributed by atoms with Gasteiger partial charge in [-0.05, 0) is 43.2 Å². The highest BCUT2D eigenvalue weighted by Crippen LogP contribution is 2.22. The number of hydrogen-bond acceptors (Lipinski definition) is 4. The minimum Gasteiger partial charge on any atom is -0.324 e. The Morgan fingerprint density at radius 2 is 1.62 bits per heavy atom. The molecule has 1 N–H and O–H groups in total. The van der Waals surface area contributed by atoms with Gasteiger partial charge in [0, 0.05) is 29.8 Å². The third-order valence-electron chi connectivity index (χ3n) is 4.04. The normalized spacial score (nSPS) is 10.7. The number of rotatable bonds is 4. The molecule has 2 aromatic heterocycles. The Balaban J connectivity index is 1.68. The van der Waals surface area contributed by atoms with Crippen molar-refractivity contribution in [1.82, 2.24) is 19.5 Å². The molecule has 0 aliphatic rings. The maximum atomic E-state index is 4.66. The van der Waals surface area contributed by atoms with E-state index in [0.717, 1.165) is 22.9 Å². The Bertz CT molecular complexity index is 1020. The fourth-order valence-corrected chi connectivity index (χ4v) is 3.01. The highest BCUT2D eigenvalue weighted by molar-refractivity contribution is 5.59. The van der Waals surface area contributed by atoms with Crippen LogP contribution in [0.1, 0.15) is 11.1 Å². The maximum absolute atomic E-state index is 4.66. The molecule has 0 atom stereocenters. The zero-order valence-electron chi connectivity index (χ0n) is 14.7. The van der Waals surface area contributed by atoms with Crippen LogP contribution in [-0.4, -0.2) is 19.5 Å². The van der Waals surface area contributed by atoms with Crippen molar-refractivity contribution in [2.24, 2.45) is 0 Å². The molecule has 4 aromatic rings. The van der Waals surface area contributed by atoms with Crippen molar-refractivity contribution >= 4 is 11.6 Å². The second-order valence-corrected chi connectivity index (χ2v) is 6.23. The Morgan fingerprint density at radius 1 is 0.846 bits per heavy atom. The molecule has 0 amide bonds. The van der Waals surface area contributed by atoms with Crippen LogP contribution >= 0.6 is 0 Å². The lowest BCUT2D eigenvalue weighted by Crippen LogP contribution is -2.03. The number of nitrogens with zero attached hydrogens (tertiary/aromatic N) is 4. The first-order valence-electron chi connectivity index (χ1n) is 8.46. The van der Waals surface area contributed by atoms with Crippen LogP contribution < -0.4 is 5.32 Å². The molecular formula is C21H19N5. The lowest BCUT2D eigenvalue weighted by molar-refractivity contribution is 0.983. The monoisotopic (exact) mass is 341 g/mol. The predicted octanol–water partition coefficient (Wildman–Crippen LogP) is 4.69. The van der Waals surface area contributed by atoms with Gasteiger partial charge in [-0.25, -0.2) is 9.97 Å². The summed E-state index contributed by atoms with van der Waals surface area (Å²) in [7, 11) is 0. The van der Waals surface area contributed by atoms with Gasteiger partial charge in [-0.1, -0.05) is 36.4 Å². The minimum atomic E-state index is 0.556. The van der Waals surface area contributed by atoms with Crippen LogP contribution in [0.15, 0.2) is 73.2 Å². The molecule has 0 aliphatic carbocycles. The smallest absolute Gasteiger partial charge is 0.229 e. The molecule has 0 bridgehead atoms. The van der Waals surface area contributed by atoms with Crippen molar-refractivity contribution < 1.29 is 0 Å². The summed E-state index contributed by atoms with van der Waals surface area (Å²) in [4.78, 5) is 13.5. The molecule has 0 radical (unpaired) electrons. The molecule has 0 aliphatic heterocycles. The molecule has 0 spiro atoms. The van der Waals surface area contributed by atoms with Crippen molar-refractivity contribution in [3.8, 4) is 17.2 Å². The summed E-state index contributed by atoms with van der Waals surface area (Å²) >= 11 is 0. The molecule has 0 saturated heterocycles. The van der Waals surface area contributed by atoms with Gasteiger partial charge in [-0.15, -0.1) is 0 Å². The molecular weight excluding hydrogens is 322 g/mol. The number of hydrogen-bond donors (Lipinski definition) is 1. The van der Waals surface area contributed by atoms with Crippen molar-refractivity contribution in [1.29, 1.82) is 0 Å². The van der Waals surface area contributed by atoms with Gasteiger partial charge in [0.05, 0.1) is 0 Å². The van der Waals surface area contributed by atoms with E-state index in [2.05, 4.69) is 52.3 Å². The fraction of sp³-hybridized carbons (Fsp3) is 0.0952. The van der Waals surface area contributed by atoms with E-state index in [9.17, 15) is 0 Å². The van der Waals surface area contributed by atoms with Gasteiger partial charge < -0.3 is 5.32 Å². The van der Waals surface area contributed by atoms with E-state index >= 15 is 0 Å². The van der Waals surface area contributed by atoms with Crippen LogP contribution in [0, 0.1) is 13.8 Å². The number of aryl methyl sites for hydroxylation is 2. The maximum Gasteiger partial charge on any atom is 0.229 e. The molecule has 5 nitrogen and oxygen atoms in total. The summed E-state index contributed by atoms with van der Waals surface area (Å²) in [6.07, 6.45) is 5.44. The first-order chi connectivity index (χ1) is 12.7. The Kier molecular flexibility index (Phi) is 4.19.